The van der Waals surface area contributed by atoms with Gasteiger partial charge in [0.15, 0.2) is 0 Å². The van der Waals surface area contributed by atoms with E-state index in [1.54, 1.807) is 30.3 Å². The fourth-order valence-corrected chi connectivity index (χ4v) is 2.36. The Morgan fingerprint density at radius 2 is 1.62 bits per heavy atom. The molecular formula is C15H14F3N3O2S. The number of hydrogen-bond donors (Lipinski definition) is 2. The van der Waals surface area contributed by atoms with Crippen LogP contribution in [0.3, 0.4) is 0 Å². The normalized spacial score (nSPS) is 12.9. The van der Waals surface area contributed by atoms with Crippen LogP contribution in [0, 0.1) is 0 Å². The molecule has 0 bridgehead atoms. The third kappa shape index (κ3) is 5.07. The van der Waals surface area contributed by atoms with Crippen molar-refractivity contribution in [2.24, 2.45) is 10.2 Å². The van der Waals surface area contributed by atoms with Crippen LogP contribution < -0.4 is 10.6 Å². The van der Waals surface area contributed by atoms with E-state index in [1.165, 1.54) is 24.3 Å². The standard InChI is InChI=1S/C15H14F3N3O2S/c16-15(17,18)14(10-11-4-2-1-3-5-11)21-20-12-6-8-13(9-7-12)24(19,22)23/h1-9,20H,10H2,(H2,19,22,23)/b21-14+. The van der Waals surface area contributed by atoms with Gasteiger partial charge in [0.2, 0.25) is 10.0 Å². The van der Waals surface area contributed by atoms with E-state index >= 15 is 0 Å². The average Bonchev–Trinajstić information content (AvgIpc) is 2.51. The number of alkyl halides is 3. The third-order valence-corrected chi connectivity index (χ3v) is 3.97. The Bertz CT molecular complexity index is 817. The second kappa shape index (κ2) is 7.02. The minimum atomic E-state index is -4.59. The van der Waals surface area contributed by atoms with Gasteiger partial charge in [-0.2, -0.15) is 18.3 Å². The van der Waals surface area contributed by atoms with Gasteiger partial charge >= 0.3 is 6.18 Å². The van der Waals surface area contributed by atoms with Gasteiger partial charge in [-0.25, -0.2) is 13.6 Å². The summed E-state index contributed by atoms with van der Waals surface area (Å²) in [6, 6.07) is 13.0. The second-order valence-corrected chi connectivity index (χ2v) is 6.46. The molecule has 0 aromatic heterocycles. The molecule has 0 fully saturated rings. The van der Waals surface area contributed by atoms with Crippen LogP contribution in [0.1, 0.15) is 5.56 Å². The Kier molecular flexibility index (Phi) is 5.25. The molecule has 2 rings (SSSR count). The molecule has 0 unspecified atom stereocenters. The molecule has 24 heavy (non-hydrogen) atoms. The fraction of sp³-hybridized carbons (Fsp3) is 0.133. The molecule has 0 saturated carbocycles. The molecule has 0 atom stereocenters. The van der Waals surface area contributed by atoms with Crippen molar-refractivity contribution in [2.75, 3.05) is 5.43 Å². The van der Waals surface area contributed by atoms with Crippen molar-refractivity contribution in [2.45, 2.75) is 17.5 Å². The Labute approximate surface area is 137 Å². The highest BCUT2D eigenvalue weighted by atomic mass is 32.2. The summed E-state index contributed by atoms with van der Waals surface area (Å²) < 4.78 is 61.4. The zero-order valence-corrected chi connectivity index (χ0v) is 13.1. The van der Waals surface area contributed by atoms with Gasteiger partial charge in [0, 0.05) is 6.42 Å². The number of anilines is 1. The molecule has 2 aromatic carbocycles. The van der Waals surface area contributed by atoms with Crippen molar-refractivity contribution in [1.29, 1.82) is 0 Å². The molecule has 2 aromatic rings. The minimum absolute atomic E-state index is 0.141. The van der Waals surface area contributed by atoms with E-state index in [9.17, 15) is 21.6 Å². The van der Waals surface area contributed by atoms with Gasteiger partial charge in [-0.1, -0.05) is 30.3 Å². The van der Waals surface area contributed by atoms with Crippen LogP contribution in [-0.2, 0) is 16.4 Å². The monoisotopic (exact) mass is 357 g/mol. The summed E-state index contributed by atoms with van der Waals surface area (Å²) in [6.07, 6.45) is -4.98. The van der Waals surface area contributed by atoms with Gasteiger partial charge in [-0.3, -0.25) is 5.43 Å². The van der Waals surface area contributed by atoms with Crippen molar-refractivity contribution in [3.8, 4) is 0 Å². The molecule has 5 nitrogen and oxygen atoms in total. The predicted molar refractivity (Wildman–Crippen MR) is 85.1 cm³/mol. The van der Waals surface area contributed by atoms with Gasteiger partial charge in [0.1, 0.15) is 5.71 Å². The number of benzene rings is 2. The molecule has 0 amide bonds. The third-order valence-electron chi connectivity index (χ3n) is 3.04. The zero-order valence-electron chi connectivity index (χ0n) is 12.3. The first-order valence-corrected chi connectivity index (χ1v) is 8.27. The van der Waals surface area contributed by atoms with Crippen molar-refractivity contribution in [1.82, 2.24) is 0 Å². The molecule has 0 aliphatic carbocycles. The number of sulfonamides is 1. The van der Waals surface area contributed by atoms with Crippen LogP contribution in [0.15, 0.2) is 64.6 Å². The number of nitrogens with two attached hydrogens (primary N) is 1. The summed E-state index contributed by atoms with van der Waals surface area (Å²) in [4.78, 5) is -0.141. The summed E-state index contributed by atoms with van der Waals surface area (Å²) in [5.41, 5.74) is 1.96. The van der Waals surface area contributed by atoms with E-state index < -0.39 is 21.9 Å². The molecule has 0 aliphatic heterocycles. The van der Waals surface area contributed by atoms with Gasteiger partial charge in [-0.15, -0.1) is 0 Å². The fourth-order valence-electron chi connectivity index (χ4n) is 1.84. The largest absolute Gasteiger partial charge is 0.431 e. The first kappa shape index (κ1) is 18.0. The van der Waals surface area contributed by atoms with Crippen LogP contribution in [-0.4, -0.2) is 20.3 Å². The molecule has 0 saturated heterocycles. The molecule has 0 spiro atoms. The molecule has 9 heteroatoms. The molecule has 0 heterocycles. The summed E-state index contributed by atoms with van der Waals surface area (Å²) >= 11 is 0. The van der Waals surface area contributed by atoms with Crippen LogP contribution >= 0.6 is 0 Å². The number of halogens is 3. The lowest BCUT2D eigenvalue weighted by molar-refractivity contribution is -0.0601. The average molecular weight is 357 g/mol. The van der Waals surface area contributed by atoms with Crippen molar-refractivity contribution >= 4 is 21.4 Å². The van der Waals surface area contributed by atoms with E-state index in [4.69, 9.17) is 5.14 Å². The molecular weight excluding hydrogens is 343 g/mol. The Morgan fingerprint density at radius 3 is 2.12 bits per heavy atom. The van der Waals surface area contributed by atoms with E-state index in [1.807, 2.05) is 0 Å². The molecule has 3 N–H and O–H groups in total. The first-order chi connectivity index (χ1) is 11.2. The number of hydrogen-bond acceptors (Lipinski definition) is 4. The first-order valence-electron chi connectivity index (χ1n) is 6.73. The van der Waals surface area contributed by atoms with E-state index in [-0.39, 0.29) is 17.0 Å². The van der Waals surface area contributed by atoms with Crippen molar-refractivity contribution in [3.63, 3.8) is 0 Å². The number of primary sulfonamides is 1. The maximum atomic E-state index is 13.1. The lowest BCUT2D eigenvalue weighted by atomic mass is 10.1. The van der Waals surface area contributed by atoms with Crippen LogP contribution in [0.2, 0.25) is 0 Å². The number of nitrogens with one attached hydrogen (secondary N) is 1. The Morgan fingerprint density at radius 1 is 1.04 bits per heavy atom. The topological polar surface area (TPSA) is 84.5 Å². The van der Waals surface area contributed by atoms with Crippen molar-refractivity contribution in [3.05, 3.63) is 60.2 Å². The van der Waals surface area contributed by atoms with E-state index in [2.05, 4.69) is 10.5 Å². The minimum Gasteiger partial charge on any atom is -0.278 e. The van der Waals surface area contributed by atoms with Gasteiger partial charge in [-0.05, 0) is 29.8 Å². The summed E-state index contributed by atoms with van der Waals surface area (Å²) in [5.74, 6) is 0. The molecule has 0 aliphatic rings. The van der Waals surface area contributed by atoms with Crippen LogP contribution in [0.25, 0.3) is 0 Å². The molecule has 128 valence electrons. The highest BCUT2D eigenvalue weighted by Crippen LogP contribution is 2.21. The second-order valence-electron chi connectivity index (χ2n) is 4.90. The molecule has 0 radical (unpaired) electrons. The Balaban J connectivity index is 2.18. The van der Waals surface area contributed by atoms with Gasteiger partial charge in [0.05, 0.1) is 10.6 Å². The van der Waals surface area contributed by atoms with E-state index in [0.717, 1.165) is 0 Å². The lowest BCUT2D eigenvalue weighted by Gasteiger charge is -2.11. The van der Waals surface area contributed by atoms with Crippen molar-refractivity contribution < 1.29 is 21.6 Å². The van der Waals surface area contributed by atoms with Gasteiger partial charge < -0.3 is 0 Å². The van der Waals surface area contributed by atoms with E-state index in [0.29, 0.717) is 5.56 Å². The van der Waals surface area contributed by atoms with Gasteiger partial charge in [0.25, 0.3) is 0 Å². The Hall–Kier alpha value is -2.39. The summed E-state index contributed by atoms with van der Waals surface area (Å²) in [7, 11) is -3.86. The lowest BCUT2D eigenvalue weighted by Crippen LogP contribution is -2.26. The maximum Gasteiger partial charge on any atom is 0.431 e. The SMILES string of the molecule is NS(=O)(=O)c1ccc(N/N=C(\Cc2ccccc2)C(F)(F)F)cc1. The smallest absolute Gasteiger partial charge is 0.278 e. The summed E-state index contributed by atoms with van der Waals surface area (Å²) in [6.45, 7) is 0. The zero-order chi connectivity index (χ0) is 17.8. The number of nitrogens with zero attached hydrogens (tertiary/aromatic N) is 1. The van der Waals surface area contributed by atoms with Crippen LogP contribution in [0.4, 0.5) is 18.9 Å². The quantitative estimate of drug-likeness (QED) is 0.637. The number of hydrazone groups is 1. The van der Waals surface area contributed by atoms with Crippen LogP contribution in [0.5, 0.6) is 0 Å². The number of rotatable bonds is 5. The predicted octanol–water partition coefficient (Wildman–Crippen LogP) is 2.91. The maximum absolute atomic E-state index is 13.1. The summed E-state index contributed by atoms with van der Waals surface area (Å²) in [5, 5.41) is 8.36. The highest BCUT2D eigenvalue weighted by Gasteiger charge is 2.35. The highest BCUT2D eigenvalue weighted by molar-refractivity contribution is 7.89.